The van der Waals surface area contributed by atoms with E-state index in [4.69, 9.17) is 16.6 Å². The van der Waals surface area contributed by atoms with Crippen molar-refractivity contribution in [2.24, 2.45) is 0 Å². The van der Waals surface area contributed by atoms with Crippen LogP contribution in [0.1, 0.15) is 19.6 Å². The van der Waals surface area contributed by atoms with Crippen molar-refractivity contribution in [1.82, 2.24) is 10.6 Å². The third-order valence-corrected chi connectivity index (χ3v) is 2.90. The van der Waals surface area contributed by atoms with E-state index in [9.17, 15) is 4.79 Å². The Morgan fingerprint density at radius 2 is 2.06 bits per heavy atom. The summed E-state index contributed by atoms with van der Waals surface area (Å²) in [6.07, 6.45) is 1.64. The van der Waals surface area contributed by atoms with Crippen molar-refractivity contribution >= 4 is 35.2 Å². The molecule has 2 N–H and O–H groups in total. The van der Waals surface area contributed by atoms with Gasteiger partial charge in [0.1, 0.15) is 11.5 Å². The molecular formula is C12H15N3O2S. The molecule has 6 heteroatoms. The molecule has 0 unspecified atom stereocenters. The van der Waals surface area contributed by atoms with Crippen molar-refractivity contribution in [3.05, 3.63) is 23.6 Å². The summed E-state index contributed by atoms with van der Waals surface area (Å²) in [7, 11) is 0. The molecule has 2 heterocycles. The third kappa shape index (κ3) is 2.53. The normalized spacial score (nSPS) is 16.9. The van der Waals surface area contributed by atoms with Gasteiger partial charge in [-0.25, -0.2) is 0 Å². The van der Waals surface area contributed by atoms with Crippen LogP contribution in [-0.2, 0) is 4.79 Å². The molecule has 0 saturated carbocycles. The highest BCUT2D eigenvalue weighted by Crippen LogP contribution is 2.20. The Balaban J connectivity index is 2.18. The minimum Gasteiger partial charge on any atom is -0.441 e. The Morgan fingerprint density at radius 1 is 1.33 bits per heavy atom. The number of thiocarbonyl (C=S) groups is 1. The topological polar surface area (TPSA) is 57.5 Å². The van der Waals surface area contributed by atoms with Gasteiger partial charge in [0.15, 0.2) is 11.0 Å². The monoisotopic (exact) mass is 265 g/mol. The molecule has 96 valence electrons. The van der Waals surface area contributed by atoms with E-state index in [1.165, 1.54) is 0 Å². The van der Waals surface area contributed by atoms with Crippen molar-refractivity contribution < 1.29 is 9.21 Å². The second-order valence-corrected chi connectivity index (χ2v) is 4.22. The van der Waals surface area contributed by atoms with Gasteiger partial charge in [-0.05, 0) is 32.1 Å². The molecule has 2 rings (SSSR count). The molecule has 1 aromatic heterocycles. The first-order chi connectivity index (χ1) is 8.63. The van der Waals surface area contributed by atoms with E-state index in [2.05, 4.69) is 29.4 Å². The van der Waals surface area contributed by atoms with E-state index in [0.717, 1.165) is 19.0 Å². The van der Waals surface area contributed by atoms with Crippen molar-refractivity contribution in [1.29, 1.82) is 0 Å². The van der Waals surface area contributed by atoms with Gasteiger partial charge in [0.05, 0.1) is 0 Å². The Hall–Kier alpha value is -1.82. The summed E-state index contributed by atoms with van der Waals surface area (Å²) in [4.78, 5) is 13.6. The van der Waals surface area contributed by atoms with Crippen LogP contribution < -0.4 is 15.5 Å². The van der Waals surface area contributed by atoms with Gasteiger partial charge in [-0.15, -0.1) is 0 Å². The number of furan rings is 1. The van der Waals surface area contributed by atoms with Gasteiger partial charge in [-0.2, -0.15) is 0 Å². The lowest BCUT2D eigenvalue weighted by molar-refractivity contribution is -0.115. The van der Waals surface area contributed by atoms with E-state index in [0.29, 0.717) is 16.6 Å². The molecule has 1 aliphatic heterocycles. The predicted octanol–water partition coefficient (Wildman–Crippen LogP) is 1.47. The average molecular weight is 265 g/mol. The van der Waals surface area contributed by atoms with E-state index < -0.39 is 0 Å². The van der Waals surface area contributed by atoms with E-state index in [1.54, 1.807) is 6.08 Å². The Bertz CT molecular complexity index is 503. The maximum atomic E-state index is 11.5. The zero-order valence-corrected chi connectivity index (χ0v) is 11.1. The molecule has 18 heavy (non-hydrogen) atoms. The first kappa shape index (κ1) is 12.6. The predicted molar refractivity (Wildman–Crippen MR) is 74.1 cm³/mol. The average Bonchev–Trinajstić information content (AvgIpc) is 2.89. The summed E-state index contributed by atoms with van der Waals surface area (Å²) >= 11 is 4.85. The zero-order chi connectivity index (χ0) is 13.1. The maximum Gasteiger partial charge on any atom is 0.274 e. The number of nitrogens with one attached hydrogen (secondary N) is 2. The standard InChI is InChI=1S/C12H15N3O2S/c1-3-15(4-2)10-6-5-8(17-10)7-9-11(16)14-12(18)13-9/h5-7H,3-4H2,1-2H3,(H2,13,14,16,18)/b9-7+. The summed E-state index contributed by atoms with van der Waals surface area (Å²) in [5.74, 6) is 1.19. The van der Waals surface area contributed by atoms with Crippen molar-refractivity contribution in [2.75, 3.05) is 18.0 Å². The van der Waals surface area contributed by atoms with Crippen LogP contribution in [0.3, 0.4) is 0 Å². The summed E-state index contributed by atoms with van der Waals surface area (Å²) in [6, 6.07) is 3.72. The first-order valence-corrected chi connectivity index (χ1v) is 6.23. The van der Waals surface area contributed by atoms with Crippen LogP contribution >= 0.6 is 12.2 Å². The van der Waals surface area contributed by atoms with Crippen molar-refractivity contribution in [3.63, 3.8) is 0 Å². The second-order valence-electron chi connectivity index (χ2n) is 3.81. The molecule has 0 aliphatic carbocycles. The van der Waals surface area contributed by atoms with Gasteiger partial charge in [-0.1, -0.05) is 0 Å². The molecule has 1 aromatic rings. The molecule has 0 bridgehead atoms. The quantitative estimate of drug-likeness (QED) is 0.638. The lowest BCUT2D eigenvalue weighted by atomic mass is 10.3. The molecule has 0 spiro atoms. The highest BCUT2D eigenvalue weighted by Gasteiger charge is 2.20. The second kappa shape index (κ2) is 5.22. The van der Waals surface area contributed by atoms with Gasteiger partial charge in [0.25, 0.3) is 5.91 Å². The number of rotatable bonds is 4. The van der Waals surface area contributed by atoms with Crippen LogP contribution in [-0.4, -0.2) is 24.1 Å². The highest BCUT2D eigenvalue weighted by molar-refractivity contribution is 7.80. The Kier molecular flexibility index (Phi) is 3.66. The van der Waals surface area contributed by atoms with E-state index in [1.807, 2.05) is 12.1 Å². The van der Waals surface area contributed by atoms with Gasteiger partial charge in [-0.3, -0.25) is 10.1 Å². The molecule has 1 saturated heterocycles. The van der Waals surface area contributed by atoms with Crippen molar-refractivity contribution in [2.45, 2.75) is 13.8 Å². The van der Waals surface area contributed by atoms with Gasteiger partial charge in [0.2, 0.25) is 0 Å². The van der Waals surface area contributed by atoms with E-state index in [-0.39, 0.29) is 5.91 Å². The van der Waals surface area contributed by atoms with Gasteiger partial charge in [0, 0.05) is 25.2 Å². The van der Waals surface area contributed by atoms with E-state index >= 15 is 0 Å². The van der Waals surface area contributed by atoms with Crippen molar-refractivity contribution in [3.8, 4) is 0 Å². The number of hydrogen-bond donors (Lipinski definition) is 2. The number of carbonyl (C=O) groups excluding carboxylic acids is 1. The van der Waals surface area contributed by atoms with Crippen LogP contribution in [0.5, 0.6) is 0 Å². The minimum atomic E-state index is -0.235. The zero-order valence-electron chi connectivity index (χ0n) is 10.3. The molecule has 1 amide bonds. The fourth-order valence-corrected chi connectivity index (χ4v) is 1.95. The summed E-state index contributed by atoms with van der Waals surface area (Å²) in [5.41, 5.74) is 0.403. The number of anilines is 1. The van der Waals surface area contributed by atoms with Crippen LogP contribution in [0, 0.1) is 0 Å². The molecule has 0 aromatic carbocycles. The number of nitrogens with zero attached hydrogens (tertiary/aromatic N) is 1. The number of amides is 1. The molecule has 1 fully saturated rings. The lowest BCUT2D eigenvalue weighted by Crippen LogP contribution is -2.21. The largest absolute Gasteiger partial charge is 0.441 e. The fourth-order valence-electron chi connectivity index (χ4n) is 1.75. The Morgan fingerprint density at radius 3 is 2.61 bits per heavy atom. The van der Waals surface area contributed by atoms with Gasteiger partial charge < -0.3 is 14.6 Å². The summed E-state index contributed by atoms with van der Waals surface area (Å²) < 4.78 is 5.66. The van der Waals surface area contributed by atoms with Crippen LogP contribution in [0.25, 0.3) is 6.08 Å². The lowest BCUT2D eigenvalue weighted by Gasteiger charge is -2.16. The van der Waals surface area contributed by atoms with Crippen LogP contribution in [0.4, 0.5) is 5.88 Å². The SMILES string of the molecule is CCN(CC)c1ccc(/C=C2/NC(=S)NC2=O)o1. The Labute approximate surface area is 111 Å². The number of carbonyl (C=O) groups is 1. The van der Waals surface area contributed by atoms with Crippen LogP contribution in [0.2, 0.25) is 0 Å². The molecule has 5 nitrogen and oxygen atoms in total. The smallest absolute Gasteiger partial charge is 0.274 e. The highest BCUT2D eigenvalue weighted by atomic mass is 32.1. The minimum absolute atomic E-state index is 0.235. The first-order valence-electron chi connectivity index (χ1n) is 5.82. The summed E-state index contributed by atoms with van der Waals surface area (Å²) in [6.45, 7) is 5.88. The third-order valence-electron chi connectivity index (χ3n) is 2.69. The molecular weight excluding hydrogens is 250 g/mol. The number of hydrogen-bond acceptors (Lipinski definition) is 4. The molecule has 0 radical (unpaired) electrons. The molecule has 1 aliphatic rings. The summed E-state index contributed by atoms with van der Waals surface area (Å²) in [5, 5.41) is 5.60. The maximum absolute atomic E-state index is 11.5. The van der Waals surface area contributed by atoms with Crippen LogP contribution in [0.15, 0.2) is 22.2 Å². The molecule has 0 atom stereocenters. The van der Waals surface area contributed by atoms with Gasteiger partial charge >= 0.3 is 0 Å². The fraction of sp³-hybridized carbons (Fsp3) is 0.333.